The van der Waals surface area contributed by atoms with E-state index < -0.39 is 0 Å². The van der Waals surface area contributed by atoms with Crippen LogP contribution in [0, 0.1) is 0 Å². The first-order chi connectivity index (χ1) is 10.2. The zero-order valence-electron chi connectivity index (χ0n) is 14.7. The zero-order chi connectivity index (χ0) is 16.3. The fourth-order valence-corrected chi connectivity index (χ4v) is 1.95. The molecule has 0 saturated carbocycles. The molecule has 1 nitrogen and oxygen atoms in total. The van der Waals surface area contributed by atoms with Crippen LogP contribution >= 0.6 is 0 Å². The molecule has 21 heavy (non-hydrogen) atoms. The summed E-state index contributed by atoms with van der Waals surface area (Å²) in [5.41, 5.74) is 1.34. The van der Waals surface area contributed by atoms with Gasteiger partial charge in [0.15, 0.2) is 0 Å². The lowest BCUT2D eigenvalue weighted by Crippen LogP contribution is -1.85. The van der Waals surface area contributed by atoms with Gasteiger partial charge in [0.1, 0.15) is 5.75 Å². The van der Waals surface area contributed by atoms with Gasteiger partial charge in [-0.1, -0.05) is 77.5 Å². The van der Waals surface area contributed by atoms with Gasteiger partial charge in [0.25, 0.3) is 0 Å². The van der Waals surface area contributed by atoms with Crippen LogP contribution in [-0.2, 0) is 6.42 Å². The molecule has 0 heterocycles. The minimum Gasteiger partial charge on any atom is -0.508 e. The molecule has 1 aromatic carbocycles. The molecule has 0 aromatic heterocycles. The van der Waals surface area contributed by atoms with Crippen molar-refractivity contribution in [2.75, 3.05) is 0 Å². The van der Waals surface area contributed by atoms with Crippen LogP contribution in [-0.4, -0.2) is 5.11 Å². The van der Waals surface area contributed by atoms with Crippen molar-refractivity contribution in [2.24, 2.45) is 0 Å². The van der Waals surface area contributed by atoms with E-state index in [9.17, 15) is 0 Å². The van der Waals surface area contributed by atoms with E-state index in [-0.39, 0.29) is 0 Å². The van der Waals surface area contributed by atoms with Crippen molar-refractivity contribution in [1.82, 2.24) is 0 Å². The highest BCUT2D eigenvalue weighted by Gasteiger charge is 1.94. The third-order valence-corrected chi connectivity index (χ3v) is 3.01. The summed E-state index contributed by atoms with van der Waals surface area (Å²) in [6.45, 7) is 11.5. The summed E-state index contributed by atoms with van der Waals surface area (Å²) in [5.74, 6) is 0.364. The van der Waals surface area contributed by atoms with E-state index in [1.807, 2.05) is 32.9 Å². The molecule has 0 unspecified atom stereocenters. The summed E-state index contributed by atoms with van der Waals surface area (Å²) >= 11 is 0. The quantitative estimate of drug-likeness (QED) is 0.408. The van der Waals surface area contributed by atoms with Gasteiger partial charge >= 0.3 is 0 Å². The maximum Gasteiger partial charge on any atom is 0.115 e. The molecule has 0 aliphatic carbocycles. The Hall–Kier alpha value is -1.24. The van der Waals surface area contributed by atoms with Crippen LogP contribution in [0.15, 0.2) is 36.9 Å². The fraction of sp³-hybridized carbons (Fsp3) is 0.600. The van der Waals surface area contributed by atoms with Crippen molar-refractivity contribution in [3.8, 4) is 5.75 Å². The predicted molar refractivity (Wildman–Crippen MR) is 97.0 cm³/mol. The molecule has 0 amide bonds. The molecule has 1 aromatic rings. The molecule has 0 fully saturated rings. The molecule has 0 bridgehead atoms. The first-order valence-electron chi connectivity index (χ1n) is 8.59. The summed E-state index contributed by atoms with van der Waals surface area (Å²) in [5, 5.41) is 9.15. The Morgan fingerprint density at radius 2 is 1.33 bits per heavy atom. The van der Waals surface area contributed by atoms with Crippen LogP contribution < -0.4 is 0 Å². The Morgan fingerprint density at radius 1 is 0.905 bits per heavy atom. The first kappa shape index (κ1) is 22.0. The van der Waals surface area contributed by atoms with Crippen LogP contribution in [0.1, 0.15) is 78.2 Å². The lowest BCUT2D eigenvalue weighted by molar-refractivity contribution is 0.475. The van der Waals surface area contributed by atoms with E-state index >= 15 is 0 Å². The van der Waals surface area contributed by atoms with E-state index in [1.165, 1.54) is 50.5 Å². The van der Waals surface area contributed by atoms with Gasteiger partial charge < -0.3 is 5.11 Å². The van der Waals surface area contributed by atoms with Crippen LogP contribution in [0.4, 0.5) is 0 Å². The smallest absolute Gasteiger partial charge is 0.115 e. The largest absolute Gasteiger partial charge is 0.508 e. The third kappa shape index (κ3) is 16.7. The fourth-order valence-electron chi connectivity index (χ4n) is 1.95. The standard InChI is InChI=1S/C15H24O.C3H6.C2H6/c1-2-3-4-5-6-7-8-9-14-10-12-15(16)13-11-14;1-3-2;1-2/h10-13,16H,2-9H2,1H3;3H,1H2,2H3;1-2H3. The minimum atomic E-state index is 0.364. The van der Waals surface area contributed by atoms with Crippen LogP contribution in [0.5, 0.6) is 5.75 Å². The molecule has 0 saturated heterocycles. The van der Waals surface area contributed by atoms with Gasteiger partial charge in [-0.25, -0.2) is 0 Å². The second kappa shape index (κ2) is 18.8. The maximum absolute atomic E-state index is 9.15. The topological polar surface area (TPSA) is 20.2 Å². The lowest BCUT2D eigenvalue weighted by atomic mass is 10.0. The Morgan fingerprint density at radius 3 is 1.81 bits per heavy atom. The van der Waals surface area contributed by atoms with E-state index in [1.54, 1.807) is 18.2 Å². The highest BCUT2D eigenvalue weighted by Crippen LogP contribution is 2.13. The van der Waals surface area contributed by atoms with Gasteiger partial charge in [-0.3, -0.25) is 0 Å². The van der Waals surface area contributed by atoms with Crippen molar-refractivity contribution >= 4 is 0 Å². The van der Waals surface area contributed by atoms with Crippen molar-refractivity contribution in [3.05, 3.63) is 42.5 Å². The highest BCUT2D eigenvalue weighted by atomic mass is 16.3. The Bertz CT molecular complexity index is 300. The molecule has 1 heteroatoms. The van der Waals surface area contributed by atoms with Crippen molar-refractivity contribution in [3.63, 3.8) is 0 Å². The number of unbranched alkanes of at least 4 members (excludes halogenated alkanes) is 6. The summed E-state index contributed by atoms with van der Waals surface area (Å²) in [7, 11) is 0. The number of hydrogen-bond acceptors (Lipinski definition) is 1. The normalized spacial score (nSPS) is 8.95. The summed E-state index contributed by atoms with van der Waals surface area (Å²) in [6.07, 6.45) is 12.4. The van der Waals surface area contributed by atoms with Crippen molar-refractivity contribution in [1.29, 1.82) is 0 Å². The molecule has 0 spiro atoms. The zero-order valence-corrected chi connectivity index (χ0v) is 14.7. The molecular formula is C20H36O. The summed E-state index contributed by atoms with van der Waals surface area (Å²) < 4.78 is 0. The average Bonchev–Trinajstić information content (AvgIpc) is 2.51. The summed E-state index contributed by atoms with van der Waals surface area (Å²) in [6, 6.07) is 7.59. The number of hydrogen-bond donors (Lipinski definition) is 1. The second-order valence-electron chi connectivity index (χ2n) is 4.95. The van der Waals surface area contributed by atoms with Crippen LogP contribution in [0.25, 0.3) is 0 Å². The second-order valence-corrected chi connectivity index (χ2v) is 4.95. The molecule has 0 aliphatic heterocycles. The SMILES string of the molecule is C=CC.CC.CCCCCCCCCc1ccc(O)cc1. The molecule has 0 radical (unpaired) electrons. The minimum absolute atomic E-state index is 0.364. The molecule has 1 rings (SSSR count). The van der Waals surface area contributed by atoms with E-state index in [0.29, 0.717) is 5.75 Å². The Kier molecular flexibility index (Phi) is 19.7. The van der Waals surface area contributed by atoms with E-state index in [4.69, 9.17) is 5.11 Å². The van der Waals surface area contributed by atoms with Crippen LogP contribution in [0.3, 0.4) is 0 Å². The number of phenols is 1. The van der Waals surface area contributed by atoms with Crippen molar-refractivity contribution in [2.45, 2.75) is 79.1 Å². The number of aromatic hydroxyl groups is 1. The van der Waals surface area contributed by atoms with Crippen LogP contribution in [0.2, 0.25) is 0 Å². The molecular weight excluding hydrogens is 256 g/mol. The average molecular weight is 293 g/mol. The first-order valence-corrected chi connectivity index (χ1v) is 8.59. The van der Waals surface area contributed by atoms with Gasteiger partial charge in [-0.15, -0.1) is 6.58 Å². The number of benzene rings is 1. The number of aryl methyl sites for hydroxylation is 1. The third-order valence-electron chi connectivity index (χ3n) is 3.01. The molecule has 0 atom stereocenters. The van der Waals surface area contributed by atoms with Crippen molar-refractivity contribution < 1.29 is 5.11 Å². The predicted octanol–water partition coefficient (Wildman–Crippen LogP) is 6.90. The molecule has 1 N–H and O–H groups in total. The number of rotatable bonds is 8. The summed E-state index contributed by atoms with van der Waals surface area (Å²) in [4.78, 5) is 0. The molecule has 0 aliphatic rings. The van der Waals surface area contributed by atoms with Gasteiger partial charge in [-0.2, -0.15) is 0 Å². The highest BCUT2D eigenvalue weighted by molar-refractivity contribution is 5.25. The maximum atomic E-state index is 9.15. The van der Waals surface area contributed by atoms with Gasteiger partial charge in [0, 0.05) is 0 Å². The number of allylic oxidation sites excluding steroid dienone is 1. The Balaban J connectivity index is 0. The van der Waals surface area contributed by atoms with Gasteiger partial charge in [-0.05, 0) is 37.5 Å². The number of phenolic OH excluding ortho intramolecular Hbond substituents is 1. The monoisotopic (exact) mass is 292 g/mol. The van der Waals surface area contributed by atoms with Gasteiger partial charge in [0.05, 0.1) is 0 Å². The lowest BCUT2D eigenvalue weighted by Gasteiger charge is -2.02. The van der Waals surface area contributed by atoms with E-state index in [2.05, 4.69) is 13.5 Å². The van der Waals surface area contributed by atoms with E-state index in [0.717, 1.165) is 6.42 Å². The van der Waals surface area contributed by atoms with Gasteiger partial charge in [0.2, 0.25) is 0 Å². The Labute approximate surface area is 133 Å². The molecule has 122 valence electrons.